The minimum Gasteiger partial charge on any atom is -0.342 e. The fourth-order valence-corrected chi connectivity index (χ4v) is 3.45. The number of carbonyl (C=O) groups is 2. The zero-order chi connectivity index (χ0) is 20.3. The Labute approximate surface area is 162 Å². The van der Waals surface area contributed by atoms with Gasteiger partial charge in [0.05, 0.1) is 5.92 Å². The minimum absolute atomic E-state index is 0.128. The number of likely N-dealkylation sites (tertiary alicyclic amines) is 1. The number of hydrogen-bond acceptors (Lipinski definition) is 3. The van der Waals surface area contributed by atoms with Crippen LogP contribution in [0.3, 0.4) is 0 Å². The van der Waals surface area contributed by atoms with Crippen molar-refractivity contribution in [2.75, 3.05) is 18.4 Å². The fraction of sp³-hybridized carbons (Fsp3) is 0.381. The molecule has 1 atom stereocenters. The molecule has 1 aliphatic heterocycles. The van der Waals surface area contributed by atoms with Crippen LogP contribution in [0.1, 0.15) is 36.8 Å². The van der Waals surface area contributed by atoms with Crippen LogP contribution in [0.5, 0.6) is 0 Å². The summed E-state index contributed by atoms with van der Waals surface area (Å²) >= 11 is 0. The Morgan fingerprint density at radius 1 is 1.14 bits per heavy atom. The molecule has 0 saturated carbocycles. The Morgan fingerprint density at radius 2 is 1.79 bits per heavy atom. The van der Waals surface area contributed by atoms with Crippen molar-refractivity contribution in [3.05, 3.63) is 59.3 Å². The van der Waals surface area contributed by atoms with E-state index < -0.39 is 17.6 Å². The van der Waals surface area contributed by atoms with E-state index in [0.29, 0.717) is 31.7 Å². The van der Waals surface area contributed by atoms with Crippen LogP contribution in [-0.4, -0.2) is 34.8 Å². The molecule has 2 aromatic rings. The molecular weight excluding hydrogens is 364 g/mol. The zero-order valence-corrected chi connectivity index (χ0v) is 15.9. The van der Waals surface area contributed by atoms with Crippen molar-refractivity contribution in [2.24, 2.45) is 5.92 Å². The van der Waals surface area contributed by atoms with E-state index >= 15 is 0 Å². The topological polar surface area (TPSA) is 62.3 Å². The van der Waals surface area contributed by atoms with Gasteiger partial charge in [0.25, 0.3) is 0 Å². The van der Waals surface area contributed by atoms with Gasteiger partial charge in [-0.15, -0.1) is 0 Å². The smallest absolute Gasteiger partial charge is 0.230 e. The van der Waals surface area contributed by atoms with Gasteiger partial charge in [-0.1, -0.05) is 12.1 Å². The number of nitrogens with one attached hydrogen (secondary N) is 1. The Bertz CT molecular complexity index is 842. The van der Waals surface area contributed by atoms with Gasteiger partial charge in [0.15, 0.2) is 0 Å². The van der Waals surface area contributed by atoms with Crippen molar-refractivity contribution in [1.82, 2.24) is 9.88 Å². The second kappa shape index (κ2) is 8.46. The second-order valence-electron chi connectivity index (χ2n) is 7.17. The molecule has 1 saturated heterocycles. The summed E-state index contributed by atoms with van der Waals surface area (Å²) in [5.41, 5.74) is 0.794. The predicted octanol–water partition coefficient (Wildman–Crippen LogP) is 3.65. The van der Waals surface area contributed by atoms with Crippen molar-refractivity contribution >= 4 is 17.6 Å². The molecule has 1 fully saturated rings. The van der Waals surface area contributed by atoms with Crippen molar-refractivity contribution in [3.63, 3.8) is 0 Å². The van der Waals surface area contributed by atoms with Crippen LogP contribution in [0.15, 0.2) is 36.5 Å². The molecule has 0 aliphatic carbocycles. The summed E-state index contributed by atoms with van der Waals surface area (Å²) in [6.45, 7) is 4.17. The van der Waals surface area contributed by atoms with E-state index in [-0.39, 0.29) is 23.3 Å². The number of hydrogen-bond donors (Lipinski definition) is 1. The van der Waals surface area contributed by atoms with Crippen molar-refractivity contribution in [2.45, 2.75) is 32.6 Å². The first-order chi connectivity index (χ1) is 13.4. The summed E-state index contributed by atoms with van der Waals surface area (Å²) in [6, 6.07) is 7.19. The average Bonchev–Trinajstić information content (AvgIpc) is 2.69. The van der Waals surface area contributed by atoms with Gasteiger partial charge in [-0.25, -0.2) is 13.8 Å². The molecule has 0 spiro atoms. The number of benzene rings is 1. The molecule has 1 aliphatic rings. The third-order valence-corrected chi connectivity index (χ3v) is 5.14. The van der Waals surface area contributed by atoms with Gasteiger partial charge >= 0.3 is 0 Å². The Balaban J connectivity index is 1.58. The third kappa shape index (κ3) is 4.35. The first kappa shape index (κ1) is 19.9. The lowest BCUT2D eigenvalue weighted by Gasteiger charge is -2.33. The van der Waals surface area contributed by atoms with Gasteiger partial charge < -0.3 is 10.2 Å². The third-order valence-electron chi connectivity index (χ3n) is 5.14. The zero-order valence-electron chi connectivity index (χ0n) is 15.9. The molecule has 7 heteroatoms. The van der Waals surface area contributed by atoms with Gasteiger partial charge in [0, 0.05) is 30.8 Å². The number of pyridine rings is 1. The van der Waals surface area contributed by atoms with Crippen LogP contribution >= 0.6 is 0 Å². The SMILES string of the molecule is Cc1ccc(NC(=O)C2CCN(C(=O)C(C)c3c(F)cccc3F)CC2)nc1. The summed E-state index contributed by atoms with van der Waals surface area (Å²) in [6.07, 6.45) is 2.67. The highest BCUT2D eigenvalue weighted by Gasteiger charge is 2.31. The number of anilines is 1. The molecule has 1 N–H and O–H groups in total. The maximum absolute atomic E-state index is 14.0. The van der Waals surface area contributed by atoms with E-state index in [1.54, 1.807) is 17.2 Å². The van der Waals surface area contributed by atoms with Crippen LogP contribution in [0.2, 0.25) is 0 Å². The Hall–Kier alpha value is -2.83. The molecule has 1 aromatic heterocycles. The molecule has 5 nitrogen and oxygen atoms in total. The van der Waals surface area contributed by atoms with E-state index in [4.69, 9.17) is 0 Å². The van der Waals surface area contributed by atoms with Crippen LogP contribution in [0, 0.1) is 24.5 Å². The van der Waals surface area contributed by atoms with Crippen molar-refractivity contribution < 1.29 is 18.4 Å². The monoisotopic (exact) mass is 387 g/mol. The predicted molar refractivity (Wildman–Crippen MR) is 102 cm³/mol. The lowest BCUT2D eigenvalue weighted by molar-refractivity contribution is -0.135. The van der Waals surface area contributed by atoms with Crippen LogP contribution in [0.4, 0.5) is 14.6 Å². The van der Waals surface area contributed by atoms with Gasteiger partial charge in [-0.2, -0.15) is 0 Å². The molecule has 28 heavy (non-hydrogen) atoms. The van der Waals surface area contributed by atoms with E-state index in [1.165, 1.54) is 13.0 Å². The fourth-order valence-electron chi connectivity index (χ4n) is 3.45. The van der Waals surface area contributed by atoms with E-state index in [9.17, 15) is 18.4 Å². The van der Waals surface area contributed by atoms with Crippen LogP contribution in [-0.2, 0) is 9.59 Å². The number of rotatable bonds is 4. The van der Waals surface area contributed by atoms with E-state index in [0.717, 1.165) is 17.7 Å². The van der Waals surface area contributed by atoms with Gasteiger partial charge in [0.2, 0.25) is 11.8 Å². The first-order valence-electron chi connectivity index (χ1n) is 9.33. The Morgan fingerprint density at radius 3 is 2.36 bits per heavy atom. The number of aromatic nitrogens is 1. The summed E-state index contributed by atoms with van der Waals surface area (Å²) in [7, 11) is 0. The van der Waals surface area contributed by atoms with Crippen LogP contribution in [0.25, 0.3) is 0 Å². The molecule has 0 radical (unpaired) electrons. The quantitative estimate of drug-likeness (QED) is 0.871. The summed E-state index contributed by atoms with van der Waals surface area (Å²) < 4.78 is 27.9. The number of aryl methyl sites for hydroxylation is 1. The molecule has 2 heterocycles. The number of halogens is 2. The summed E-state index contributed by atoms with van der Waals surface area (Å²) in [4.78, 5) is 30.8. The largest absolute Gasteiger partial charge is 0.342 e. The Kier molecular flexibility index (Phi) is 6.02. The lowest BCUT2D eigenvalue weighted by atomic mass is 9.93. The first-order valence-corrected chi connectivity index (χ1v) is 9.33. The maximum Gasteiger partial charge on any atom is 0.230 e. The maximum atomic E-state index is 14.0. The van der Waals surface area contributed by atoms with Gasteiger partial charge in [-0.05, 0) is 50.5 Å². The molecule has 148 valence electrons. The number of carbonyl (C=O) groups excluding carboxylic acids is 2. The summed E-state index contributed by atoms with van der Waals surface area (Å²) in [5.74, 6) is -2.55. The number of nitrogens with zero attached hydrogens (tertiary/aromatic N) is 2. The standard InChI is InChI=1S/C21H23F2N3O2/c1-13-6-7-18(24-12-13)25-20(27)15-8-10-26(11-9-15)21(28)14(2)19-16(22)4-3-5-17(19)23/h3-7,12,14-15H,8-11H2,1-2H3,(H,24,25,27). The molecule has 1 aromatic carbocycles. The van der Waals surface area contributed by atoms with Crippen LogP contribution < -0.4 is 5.32 Å². The van der Waals surface area contributed by atoms with Gasteiger partial charge in [-0.3, -0.25) is 9.59 Å². The lowest BCUT2D eigenvalue weighted by Crippen LogP contribution is -2.43. The molecule has 2 amide bonds. The average molecular weight is 387 g/mol. The molecule has 3 rings (SSSR count). The highest BCUT2D eigenvalue weighted by molar-refractivity contribution is 5.92. The molecular formula is C21H23F2N3O2. The summed E-state index contributed by atoms with van der Waals surface area (Å²) in [5, 5.41) is 2.79. The normalized spacial score (nSPS) is 15.9. The molecule has 0 bridgehead atoms. The second-order valence-corrected chi connectivity index (χ2v) is 7.17. The number of amides is 2. The van der Waals surface area contributed by atoms with Gasteiger partial charge in [0.1, 0.15) is 17.5 Å². The number of piperidine rings is 1. The highest BCUT2D eigenvalue weighted by Crippen LogP contribution is 2.27. The highest BCUT2D eigenvalue weighted by atomic mass is 19.1. The molecule has 1 unspecified atom stereocenters. The van der Waals surface area contributed by atoms with Crippen molar-refractivity contribution in [1.29, 1.82) is 0 Å². The minimum atomic E-state index is -0.914. The van der Waals surface area contributed by atoms with E-state index in [1.807, 2.05) is 13.0 Å². The van der Waals surface area contributed by atoms with Crippen molar-refractivity contribution in [3.8, 4) is 0 Å². The van der Waals surface area contributed by atoms with E-state index in [2.05, 4.69) is 10.3 Å².